The fourth-order valence-corrected chi connectivity index (χ4v) is 1.13. The van der Waals surface area contributed by atoms with Crippen molar-refractivity contribution in [2.45, 2.75) is 6.54 Å². The van der Waals surface area contributed by atoms with Gasteiger partial charge in [-0.15, -0.1) is 0 Å². The summed E-state index contributed by atoms with van der Waals surface area (Å²) in [7, 11) is 0. The summed E-state index contributed by atoms with van der Waals surface area (Å²) in [5.41, 5.74) is 0.513. The lowest BCUT2D eigenvalue weighted by atomic mass is 10.4. The van der Waals surface area contributed by atoms with Gasteiger partial charge in [0.15, 0.2) is 0 Å². The number of nitrogens with zero attached hydrogens (tertiary/aromatic N) is 1. The zero-order valence-corrected chi connectivity index (χ0v) is 7.45. The van der Waals surface area contributed by atoms with E-state index in [4.69, 9.17) is 0 Å². The minimum atomic E-state index is -0.0321. The molecule has 0 aromatic carbocycles. The average molecular weight is 190 g/mol. The van der Waals surface area contributed by atoms with Crippen molar-refractivity contribution < 1.29 is 0 Å². The lowest BCUT2D eigenvalue weighted by Crippen LogP contribution is -2.10. The van der Waals surface area contributed by atoms with Crippen molar-refractivity contribution in [2.24, 2.45) is 0 Å². The van der Waals surface area contributed by atoms with Crippen LogP contribution in [0.15, 0.2) is 35.6 Å². The summed E-state index contributed by atoms with van der Waals surface area (Å²) in [6, 6.07) is 1.48. The molecular formula is C9H10N4O. The van der Waals surface area contributed by atoms with Crippen molar-refractivity contribution >= 4 is 5.69 Å². The van der Waals surface area contributed by atoms with E-state index >= 15 is 0 Å². The van der Waals surface area contributed by atoms with Gasteiger partial charge in [-0.3, -0.25) is 4.79 Å². The molecule has 0 aliphatic heterocycles. The van der Waals surface area contributed by atoms with Gasteiger partial charge in [-0.25, -0.2) is 4.98 Å². The Kier molecular flexibility index (Phi) is 2.31. The number of rotatable bonds is 3. The molecule has 72 valence electrons. The van der Waals surface area contributed by atoms with Crippen LogP contribution in [0.25, 0.3) is 0 Å². The van der Waals surface area contributed by atoms with Crippen LogP contribution in [0.2, 0.25) is 0 Å². The van der Waals surface area contributed by atoms with Crippen molar-refractivity contribution in [3.05, 3.63) is 46.9 Å². The van der Waals surface area contributed by atoms with Crippen LogP contribution in [0.4, 0.5) is 5.69 Å². The SMILES string of the molecule is O=c1cc[nH]cc1NCc1ncc[nH]1. The molecule has 5 nitrogen and oxygen atoms in total. The van der Waals surface area contributed by atoms with Gasteiger partial charge >= 0.3 is 0 Å². The second kappa shape index (κ2) is 3.78. The number of aromatic amines is 2. The van der Waals surface area contributed by atoms with Crippen molar-refractivity contribution in [1.29, 1.82) is 0 Å². The number of hydrogen-bond acceptors (Lipinski definition) is 3. The summed E-state index contributed by atoms with van der Waals surface area (Å²) in [5, 5.41) is 2.98. The molecule has 2 heterocycles. The van der Waals surface area contributed by atoms with Crippen LogP contribution in [-0.4, -0.2) is 15.0 Å². The first kappa shape index (κ1) is 8.55. The molecule has 2 aromatic heterocycles. The highest BCUT2D eigenvalue weighted by Crippen LogP contribution is 1.97. The van der Waals surface area contributed by atoms with E-state index < -0.39 is 0 Å². The highest BCUT2D eigenvalue weighted by atomic mass is 16.1. The van der Waals surface area contributed by atoms with Crippen molar-refractivity contribution in [2.75, 3.05) is 5.32 Å². The predicted octanol–water partition coefficient (Wildman–Crippen LogP) is 0.710. The van der Waals surface area contributed by atoms with Crippen LogP contribution in [0, 0.1) is 0 Å². The molecule has 0 bridgehead atoms. The first-order chi connectivity index (χ1) is 6.86. The Balaban J connectivity index is 2.06. The van der Waals surface area contributed by atoms with Crippen LogP contribution in [-0.2, 0) is 6.54 Å². The third-order valence-corrected chi connectivity index (χ3v) is 1.83. The lowest BCUT2D eigenvalue weighted by Gasteiger charge is -2.01. The zero-order valence-electron chi connectivity index (χ0n) is 7.45. The van der Waals surface area contributed by atoms with Crippen molar-refractivity contribution in [3.8, 4) is 0 Å². The summed E-state index contributed by atoms with van der Waals surface area (Å²) in [6.07, 6.45) is 6.64. The molecule has 0 aliphatic rings. The fraction of sp³-hybridized carbons (Fsp3) is 0.111. The summed E-state index contributed by atoms with van der Waals surface area (Å²) in [4.78, 5) is 21.1. The van der Waals surface area contributed by atoms with Gasteiger partial charge in [0, 0.05) is 30.9 Å². The Hall–Kier alpha value is -2.04. The van der Waals surface area contributed by atoms with E-state index in [1.165, 1.54) is 6.07 Å². The topological polar surface area (TPSA) is 73.6 Å². The van der Waals surface area contributed by atoms with Crippen LogP contribution >= 0.6 is 0 Å². The van der Waals surface area contributed by atoms with E-state index in [2.05, 4.69) is 20.3 Å². The van der Waals surface area contributed by atoms with Gasteiger partial charge < -0.3 is 15.3 Å². The summed E-state index contributed by atoms with van der Waals surface area (Å²) < 4.78 is 0. The van der Waals surface area contributed by atoms with Gasteiger partial charge in [-0.1, -0.05) is 0 Å². The minimum Gasteiger partial charge on any atom is -0.373 e. The van der Waals surface area contributed by atoms with E-state index in [1.807, 2.05) is 0 Å². The van der Waals surface area contributed by atoms with Crippen LogP contribution in [0.1, 0.15) is 5.82 Å². The fourth-order valence-electron chi connectivity index (χ4n) is 1.13. The Bertz CT molecular complexity index is 446. The molecule has 0 saturated carbocycles. The number of aromatic nitrogens is 3. The maximum Gasteiger partial charge on any atom is 0.204 e. The number of hydrogen-bond donors (Lipinski definition) is 3. The lowest BCUT2D eigenvalue weighted by molar-refractivity contribution is 0.995. The van der Waals surface area contributed by atoms with Crippen LogP contribution in [0.5, 0.6) is 0 Å². The standard InChI is InChI=1S/C9H10N4O/c14-8-1-2-10-5-7(8)13-6-9-11-3-4-12-9/h1-5,13H,6H2,(H,10,14)(H,11,12). The minimum absolute atomic E-state index is 0.0321. The monoisotopic (exact) mass is 190 g/mol. The molecule has 0 fully saturated rings. The predicted molar refractivity (Wildman–Crippen MR) is 53.0 cm³/mol. The van der Waals surface area contributed by atoms with Crippen molar-refractivity contribution in [3.63, 3.8) is 0 Å². The Labute approximate surface area is 80.2 Å². The smallest absolute Gasteiger partial charge is 0.204 e. The molecule has 0 unspecified atom stereocenters. The molecular weight excluding hydrogens is 180 g/mol. The highest BCUT2D eigenvalue weighted by Gasteiger charge is 1.97. The maximum atomic E-state index is 11.3. The molecule has 0 radical (unpaired) electrons. The molecule has 2 aromatic rings. The molecule has 0 aliphatic carbocycles. The second-order valence-corrected chi connectivity index (χ2v) is 2.81. The molecule has 5 heteroatoms. The molecule has 14 heavy (non-hydrogen) atoms. The number of H-pyrrole nitrogens is 2. The van der Waals surface area contributed by atoms with Gasteiger partial charge in [-0.05, 0) is 0 Å². The largest absolute Gasteiger partial charge is 0.373 e. The van der Waals surface area contributed by atoms with E-state index in [1.54, 1.807) is 24.8 Å². The highest BCUT2D eigenvalue weighted by molar-refractivity contribution is 5.39. The quantitative estimate of drug-likeness (QED) is 0.667. The number of nitrogens with one attached hydrogen (secondary N) is 3. The first-order valence-electron chi connectivity index (χ1n) is 4.25. The second-order valence-electron chi connectivity index (χ2n) is 2.81. The summed E-state index contributed by atoms with van der Waals surface area (Å²) in [5.74, 6) is 0.799. The number of anilines is 1. The van der Waals surface area contributed by atoms with Gasteiger partial charge in [0.2, 0.25) is 5.43 Å². The van der Waals surface area contributed by atoms with Crippen LogP contribution < -0.4 is 10.7 Å². The van der Waals surface area contributed by atoms with E-state index in [-0.39, 0.29) is 5.43 Å². The summed E-state index contributed by atoms with van der Waals surface area (Å²) in [6.45, 7) is 0.514. The molecule has 3 N–H and O–H groups in total. The van der Waals surface area contributed by atoms with E-state index in [0.717, 1.165) is 5.82 Å². The van der Waals surface area contributed by atoms with E-state index in [9.17, 15) is 4.79 Å². The number of pyridine rings is 1. The summed E-state index contributed by atoms with van der Waals surface area (Å²) >= 11 is 0. The van der Waals surface area contributed by atoms with E-state index in [0.29, 0.717) is 12.2 Å². The first-order valence-corrected chi connectivity index (χ1v) is 4.25. The molecule has 0 atom stereocenters. The van der Waals surface area contributed by atoms with Gasteiger partial charge in [0.1, 0.15) is 5.82 Å². The van der Waals surface area contributed by atoms with Gasteiger partial charge in [-0.2, -0.15) is 0 Å². The molecule has 0 spiro atoms. The average Bonchev–Trinajstić information content (AvgIpc) is 2.69. The van der Waals surface area contributed by atoms with Gasteiger partial charge in [0.05, 0.1) is 12.2 Å². The normalized spacial score (nSPS) is 10.0. The zero-order chi connectivity index (χ0) is 9.80. The number of imidazole rings is 1. The maximum absolute atomic E-state index is 11.3. The third-order valence-electron chi connectivity index (χ3n) is 1.83. The Morgan fingerprint density at radius 2 is 2.36 bits per heavy atom. The Morgan fingerprint density at radius 3 is 3.07 bits per heavy atom. The Morgan fingerprint density at radius 1 is 1.43 bits per heavy atom. The molecule has 0 saturated heterocycles. The van der Waals surface area contributed by atoms with Crippen LogP contribution in [0.3, 0.4) is 0 Å². The molecule has 0 amide bonds. The third kappa shape index (κ3) is 1.82. The van der Waals surface area contributed by atoms with Crippen molar-refractivity contribution in [1.82, 2.24) is 15.0 Å². The van der Waals surface area contributed by atoms with Gasteiger partial charge in [0.25, 0.3) is 0 Å². The molecule has 2 rings (SSSR count).